The molecule has 1 aromatic carbocycles. The summed E-state index contributed by atoms with van der Waals surface area (Å²) in [6, 6.07) is 5.89. The van der Waals surface area contributed by atoms with Crippen molar-refractivity contribution >= 4 is 5.78 Å². The van der Waals surface area contributed by atoms with E-state index >= 15 is 0 Å². The molecule has 0 aliphatic heterocycles. The monoisotopic (exact) mass is 220 g/mol. The van der Waals surface area contributed by atoms with Gasteiger partial charge in [0.1, 0.15) is 0 Å². The second-order valence-electron chi connectivity index (χ2n) is 4.35. The lowest BCUT2D eigenvalue weighted by molar-refractivity contribution is 0.0893. The van der Waals surface area contributed by atoms with Crippen LogP contribution in [0.4, 0.5) is 0 Å². The normalized spacial score (nSPS) is 12.5. The molecule has 0 amide bonds. The summed E-state index contributed by atoms with van der Waals surface area (Å²) in [5, 5.41) is 0. The Balaban J connectivity index is 2.76. The lowest BCUT2D eigenvalue weighted by atomic mass is 9.94. The Bertz CT molecular complexity index is 369. The summed E-state index contributed by atoms with van der Waals surface area (Å²) >= 11 is 0. The molecule has 16 heavy (non-hydrogen) atoms. The van der Waals surface area contributed by atoms with E-state index in [9.17, 15) is 4.79 Å². The first-order chi connectivity index (χ1) is 7.56. The maximum Gasteiger partial charge on any atom is 0.165 e. The number of Topliss-reactive ketones (excluding diaryl/α,β-unsaturated/α-hetero) is 1. The SMILES string of the molecule is COCCC(C)C(=O)c1ccc(C)c(C)c1. The van der Waals surface area contributed by atoms with Gasteiger partial charge < -0.3 is 4.74 Å². The topological polar surface area (TPSA) is 26.3 Å². The Kier molecular flexibility index (Phi) is 4.69. The minimum absolute atomic E-state index is 0.0297. The molecule has 0 radical (unpaired) electrons. The fraction of sp³-hybridized carbons (Fsp3) is 0.500. The van der Waals surface area contributed by atoms with Crippen LogP contribution in [0, 0.1) is 19.8 Å². The molecule has 0 aliphatic rings. The largest absolute Gasteiger partial charge is 0.385 e. The first-order valence-electron chi connectivity index (χ1n) is 5.66. The van der Waals surface area contributed by atoms with E-state index in [1.165, 1.54) is 11.1 Å². The molecule has 0 aliphatic carbocycles. The molecular weight excluding hydrogens is 200 g/mol. The highest BCUT2D eigenvalue weighted by atomic mass is 16.5. The lowest BCUT2D eigenvalue weighted by Crippen LogP contribution is -2.13. The Labute approximate surface area is 97.6 Å². The van der Waals surface area contributed by atoms with Crippen LogP contribution >= 0.6 is 0 Å². The molecule has 0 saturated heterocycles. The van der Waals surface area contributed by atoms with Crippen molar-refractivity contribution in [1.82, 2.24) is 0 Å². The summed E-state index contributed by atoms with van der Waals surface area (Å²) in [5.41, 5.74) is 3.21. The Morgan fingerprint density at radius 3 is 2.56 bits per heavy atom. The Morgan fingerprint density at radius 2 is 2.00 bits per heavy atom. The maximum atomic E-state index is 12.1. The maximum absolute atomic E-state index is 12.1. The predicted molar refractivity (Wildman–Crippen MR) is 65.9 cm³/mol. The summed E-state index contributed by atoms with van der Waals surface area (Å²) in [5.74, 6) is 0.238. The second kappa shape index (κ2) is 5.80. The number of ether oxygens (including phenoxy) is 1. The first-order valence-corrected chi connectivity index (χ1v) is 5.66. The lowest BCUT2D eigenvalue weighted by Gasteiger charge is -2.11. The van der Waals surface area contributed by atoms with Crippen LogP contribution in [0.5, 0.6) is 0 Å². The first kappa shape index (κ1) is 12.9. The van der Waals surface area contributed by atoms with Gasteiger partial charge in [0, 0.05) is 25.2 Å². The number of rotatable bonds is 5. The molecular formula is C14H20O2. The zero-order valence-electron chi connectivity index (χ0n) is 10.5. The molecule has 0 fully saturated rings. The molecule has 2 nitrogen and oxygen atoms in total. The summed E-state index contributed by atoms with van der Waals surface area (Å²) in [4.78, 5) is 12.1. The van der Waals surface area contributed by atoms with Crippen molar-refractivity contribution in [2.24, 2.45) is 5.92 Å². The van der Waals surface area contributed by atoms with Crippen LogP contribution in [0.25, 0.3) is 0 Å². The highest BCUT2D eigenvalue weighted by Crippen LogP contribution is 2.15. The van der Waals surface area contributed by atoms with Gasteiger partial charge in [-0.2, -0.15) is 0 Å². The third kappa shape index (κ3) is 3.17. The average molecular weight is 220 g/mol. The fourth-order valence-corrected chi connectivity index (χ4v) is 1.60. The van der Waals surface area contributed by atoms with E-state index in [0.717, 1.165) is 12.0 Å². The van der Waals surface area contributed by atoms with Gasteiger partial charge in [-0.15, -0.1) is 0 Å². The molecule has 0 N–H and O–H groups in total. The van der Waals surface area contributed by atoms with Crippen LogP contribution in [-0.4, -0.2) is 19.5 Å². The van der Waals surface area contributed by atoms with Gasteiger partial charge in [-0.1, -0.05) is 19.1 Å². The quantitative estimate of drug-likeness (QED) is 0.712. The van der Waals surface area contributed by atoms with E-state index in [1.54, 1.807) is 7.11 Å². The van der Waals surface area contributed by atoms with E-state index in [0.29, 0.717) is 6.61 Å². The molecule has 1 rings (SSSR count). The van der Waals surface area contributed by atoms with Gasteiger partial charge in [0.05, 0.1) is 0 Å². The van der Waals surface area contributed by atoms with Crippen molar-refractivity contribution in [3.8, 4) is 0 Å². The smallest absolute Gasteiger partial charge is 0.165 e. The summed E-state index contributed by atoms with van der Waals surface area (Å²) in [7, 11) is 1.66. The number of aryl methyl sites for hydroxylation is 2. The zero-order chi connectivity index (χ0) is 12.1. The summed E-state index contributed by atoms with van der Waals surface area (Å²) < 4.78 is 4.99. The van der Waals surface area contributed by atoms with Crippen molar-refractivity contribution in [2.45, 2.75) is 27.2 Å². The Hall–Kier alpha value is -1.15. The van der Waals surface area contributed by atoms with Crippen LogP contribution in [0.3, 0.4) is 0 Å². The molecule has 0 spiro atoms. The van der Waals surface area contributed by atoms with Gasteiger partial charge in [-0.05, 0) is 37.5 Å². The van der Waals surface area contributed by atoms with Crippen LogP contribution in [0.1, 0.15) is 34.8 Å². The van der Waals surface area contributed by atoms with E-state index in [2.05, 4.69) is 6.92 Å². The van der Waals surface area contributed by atoms with Crippen molar-refractivity contribution in [3.05, 3.63) is 34.9 Å². The molecule has 0 bridgehead atoms. The number of methoxy groups -OCH3 is 1. The van der Waals surface area contributed by atoms with Gasteiger partial charge >= 0.3 is 0 Å². The summed E-state index contributed by atoms with van der Waals surface area (Å²) in [6.45, 7) is 6.68. The van der Waals surface area contributed by atoms with E-state index < -0.39 is 0 Å². The predicted octanol–water partition coefficient (Wildman–Crippen LogP) is 3.16. The van der Waals surface area contributed by atoms with Gasteiger partial charge in [0.15, 0.2) is 5.78 Å². The molecule has 2 heteroatoms. The third-order valence-corrected chi connectivity index (χ3v) is 2.99. The van der Waals surface area contributed by atoms with Crippen molar-refractivity contribution < 1.29 is 9.53 Å². The molecule has 88 valence electrons. The van der Waals surface area contributed by atoms with Crippen molar-refractivity contribution in [2.75, 3.05) is 13.7 Å². The molecule has 1 unspecified atom stereocenters. The van der Waals surface area contributed by atoms with Crippen LogP contribution < -0.4 is 0 Å². The second-order valence-corrected chi connectivity index (χ2v) is 4.35. The number of carbonyl (C=O) groups is 1. The minimum atomic E-state index is 0.0297. The Morgan fingerprint density at radius 1 is 1.31 bits per heavy atom. The van der Waals surface area contributed by atoms with Gasteiger partial charge in [0.2, 0.25) is 0 Å². The van der Waals surface area contributed by atoms with Gasteiger partial charge in [0.25, 0.3) is 0 Å². The number of ketones is 1. The fourth-order valence-electron chi connectivity index (χ4n) is 1.60. The van der Waals surface area contributed by atoms with Gasteiger partial charge in [-0.3, -0.25) is 4.79 Å². The average Bonchev–Trinajstić information content (AvgIpc) is 2.28. The van der Waals surface area contributed by atoms with E-state index in [-0.39, 0.29) is 11.7 Å². The van der Waals surface area contributed by atoms with Crippen LogP contribution in [-0.2, 0) is 4.74 Å². The van der Waals surface area contributed by atoms with Crippen LogP contribution in [0.15, 0.2) is 18.2 Å². The molecule has 0 aromatic heterocycles. The number of carbonyl (C=O) groups excluding carboxylic acids is 1. The molecule has 0 heterocycles. The van der Waals surface area contributed by atoms with E-state index in [4.69, 9.17) is 4.74 Å². The van der Waals surface area contributed by atoms with Crippen molar-refractivity contribution in [3.63, 3.8) is 0 Å². The molecule has 0 saturated carbocycles. The third-order valence-electron chi connectivity index (χ3n) is 2.99. The summed E-state index contributed by atoms with van der Waals surface area (Å²) in [6.07, 6.45) is 0.780. The highest BCUT2D eigenvalue weighted by Gasteiger charge is 2.15. The van der Waals surface area contributed by atoms with Crippen LogP contribution in [0.2, 0.25) is 0 Å². The number of hydrogen-bond acceptors (Lipinski definition) is 2. The standard InChI is InChI=1S/C14H20O2/c1-10-5-6-13(9-12(10)3)14(15)11(2)7-8-16-4/h5-6,9,11H,7-8H2,1-4H3. The van der Waals surface area contributed by atoms with Crippen molar-refractivity contribution in [1.29, 1.82) is 0 Å². The minimum Gasteiger partial charge on any atom is -0.385 e. The zero-order valence-corrected chi connectivity index (χ0v) is 10.5. The molecule has 1 atom stereocenters. The van der Waals surface area contributed by atoms with E-state index in [1.807, 2.05) is 32.0 Å². The highest BCUT2D eigenvalue weighted by molar-refractivity contribution is 5.97. The number of hydrogen-bond donors (Lipinski definition) is 0. The van der Waals surface area contributed by atoms with Gasteiger partial charge in [-0.25, -0.2) is 0 Å². The number of benzene rings is 1. The molecule has 1 aromatic rings.